The van der Waals surface area contributed by atoms with Crippen LogP contribution in [0.4, 0.5) is 0 Å². The summed E-state index contributed by atoms with van der Waals surface area (Å²) in [6.07, 6.45) is 12.7. The third kappa shape index (κ3) is 9.52. The van der Waals surface area contributed by atoms with Gasteiger partial charge in [0.05, 0.1) is 0 Å². The molecular formula is C15H26. The van der Waals surface area contributed by atoms with Gasteiger partial charge in [-0.05, 0) is 45.4 Å². The van der Waals surface area contributed by atoms with Crippen LogP contribution in [0.1, 0.15) is 58.8 Å². The summed E-state index contributed by atoms with van der Waals surface area (Å²) >= 11 is 0. The van der Waals surface area contributed by atoms with Gasteiger partial charge in [0.15, 0.2) is 0 Å². The fourth-order valence-corrected chi connectivity index (χ4v) is 1.54. The molecule has 0 rings (SSSR count). The summed E-state index contributed by atoms with van der Waals surface area (Å²) in [5, 5.41) is 0. The predicted octanol–water partition coefficient (Wildman–Crippen LogP) is 5.43. The summed E-state index contributed by atoms with van der Waals surface area (Å²) in [4.78, 5) is 0. The highest BCUT2D eigenvalue weighted by Crippen LogP contribution is 2.15. The topological polar surface area (TPSA) is 0 Å². The van der Waals surface area contributed by atoms with Gasteiger partial charge in [0.2, 0.25) is 0 Å². The van der Waals surface area contributed by atoms with E-state index in [0.717, 1.165) is 12.8 Å². The second-order valence-corrected chi connectivity index (χ2v) is 4.27. The van der Waals surface area contributed by atoms with E-state index in [1.807, 2.05) is 6.08 Å². The van der Waals surface area contributed by atoms with Gasteiger partial charge in [0.1, 0.15) is 0 Å². The highest BCUT2D eigenvalue weighted by Gasteiger charge is 1.95. The van der Waals surface area contributed by atoms with Crippen molar-refractivity contribution in [2.75, 3.05) is 0 Å². The van der Waals surface area contributed by atoms with Crippen LogP contribution in [0.3, 0.4) is 0 Å². The van der Waals surface area contributed by atoms with Crippen LogP contribution in [0, 0.1) is 0 Å². The van der Waals surface area contributed by atoms with E-state index in [1.54, 1.807) is 0 Å². The fraction of sp³-hybridized carbons (Fsp3) is 0.600. The first-order valence-electron chi connectivity index (χ1n) is 6.13. The number of allylic oxidation sites excluding steroid dienone is 4. The normalized spacial score (nSPS) is 11.5. The summed E-state index contributed by atoms with van der Waals surface area (Å²) in [6.45, 7) is 12.3. The van der Waals surface area contributed by atoms with Crippen LogP contribution in [0.15, 0.2) is 36.5 Å². The molecule has 0 N–H and O–H groups in total. The third-order valence-electron chi connectivity index (χ3n) is 2.58. The molecule has 0 aliphatic rings. The minimum Gasteiger partial charge on any atom is -0.103 e. The zero-order valence-corrected chi connectivity index (χ0v) is 10.5. The summed E-state index contributed by atoms with van der Waals surface area (Å²) in [7, 11) is 0. The molecule has 0 bridgehead atoms. The molecule has 0 aromatic heterocycles. The van der Waals surface area contributed by atoms with E-state index in [1.165, 1.54) is 43.3 Å². The van der Waals surface area contributed by atoms with Crippen LogP contribution in [0.2, 0.25) is 0 Å². The zero-order chi connectivity index (χ0) is 11.5. The van der Waals surface area contributed by atoms with Gasteiger partial charge in [-0.15, -0.1) is 6.58 Å². The summed E-state index contributed by atoms with van der Waals surface area (Å²) in [6, 6.07) is 0. The van der Waals surface area contributed by atoms with Gasteiger partial charge in [-0.3, -0.25) is 0 Å². The lowest BCUT2D eigenvalue weighted by molar-refractivity contribution is 0.765. The first-order chi connectivity index (χ1) is 7.20. The maximum Gasteiger partial charge on any atom is -0.0288 e. The summed E-state index contributed by atoms with van der Waals surface area (Å²) in [5.41, 5.74) is 2.91. The molecule has 0 unspecified atom stereocenters. The van der Waals surface area contributed by atoms with Gasteiger partial charge in [-0.25, -0.2) is 0 Å². The lowest BCUT2D eigenvalue weighted by atomic mass is 10.0. The highest BCUT2D eigenvalue weighted by molar-refractivity contribution is 5.00. The minimum absolute atomic E-state index is 1.07. The quantitative estimate of drug-likeness (QED) is 0.441. The van der Waals surface area contributed by atoms with Gasteiger partial charge in [-0.2, -0.15) is 0 Å². The number of hydrogen-bond acceptors (Lipinski definition) is 0. The Morgan fingerprint density at radius 2 is 1.87 bits per heavy atom. The van der Waals surface area contributed by atoms with Gasteiger partial charge >= 0.3 is 0 Å². The molecule has 0 radical (unpaired) electrons. The lowest BCUT2D eigenvalue weighted by Crippen LogP contribution is -1.84. The van der Waals surface area contributed by atoms with Crippen molar-refractivity contribution >= 4 is 0 Å². The molecule has 0 amide bonds. The average Bonchev–Trinajstić information content (AvgIpc) is 2.23. The van der Waals surface area contributed by atoms with E-state index in [4.69, 9.17) is 0 Å². The van der Waals surface area contributed by atoms with Crippen molar-refractivity contribution in [3.63, 3.8) is 0 Å². The SMILES string of the molecule is C=CCCC(=C)CCC/C(C)=C/CCC. The van der Waals surface area contributed by atoms with E-state index >= 15 is 0 Å². The molecule has 0 aliphatic heterocycles. The molecule has 0 heteroatoms. The maximum atomic E-state index is 4.08. The molecular weight excluding hydrogens is 180 g/mol. The molecule has 0 fully saturated rings. The van der Waals surface area contributed by atoms with Gasteiger partial charge in [0, 0.05) is 0 Å². The molecule has 0 aromatic rings. The summed E-state index contributed by atoms with van der Waals surface area (Å²) in [5.74, 6) is 0. The Morgan fingerprint density at radius 3 is 2.47 bits per heavy atom. The maximum absolute atomic E-state index is 4.08. The monoisotopic (exact) mass is 206 g/mol. The van der Waals surface area contributed by atoms with Crippen LogP contribution in [0.5, 0.6) is 0 Å². The van der Waals surface area contributed by atoms with Crippen molar-refractivity contribution in [1.82, 2.24) is 0 Å². The van der Waals surface area contributed by atoms with E-state index < -0.39 is 0 Å². The zero-order valence-electron chi connectivity index (χ0n) is 10.5. The molecule has 0 atom stereocenters. The largest absolute Gasteiger partial charge is 0.103 e. The van der Waals surface area contributed by atoms with E-state index in [9.17, 15) is 0 Å². The van der Waals surface area contributed by atoms with E-state index in [2.05, 4.69) is 33.1 Å². The fourth-order valence-electron chi connectivity index (χ4n) is 1.54. The molecule has 86 valence electrons. The average molecular weight is 206 g/mol. The Bertz CT molecular complexity index is 208. The Labute approximate surface area is 95.8 Å². The van der Waals surface area contributed by atoms with Crippen molar-refractivity contribution < 1.29 is 0 Å². The van der Waals surface area contributed by atoms with Crippen LogP contribution in [-0.4, -0.2) is 0 Å². The predicted molar refractivity (Wildman–Crippen MR) is 71.1 cm³/mol. The standard InChI is InChI=1S/C15H26/c1-5-7-10-14(3)12-9-13-15(4)11-8-6-2/h5,11H,1,3,6-10,12-13H2,2,4H3/b15-11+. The molecule has 0 aromatic carbocycles. The van der Waals surface area contributed by atoms with Crippen LogP contribution < -0.4 is 0 Å². The first kappa shape index (κ1) is 14.2. The second kappa shape index (κ2) is 9.76. The Kier molecular flexibility index (Phi) is 9.26. The Hall–Kier alpha value is -0.780. The van der Waals surface area contributed by atoms with Crippen molar-refractivity contribution in [1.29, 1.82) is 0 Å². The number of unbranched alkanes of at least 4 members (excludes halogenated alkanes) is 1. The Balaban J connectivity index is 3.51. The molecule has 0 nitrogen and oxygen atoms in total. The molecule has 0 saturated heterocycles. The molecule has 15 heavy (non-hydrogen) atoms. The molecule has 0 heterocycles. The van der Waals surface area contributed by atoms with Crippen LogP contribution in [-0.2, 0) is 0 Å². The van der Waals surface area contributed by atoms with E-state index in [-0.39, 0.29) is 0 Å². The van der Waals surface area contributed by atoms with Gasteiger partial charge in [0.25, 0.3) is 0 Å². The van der Waals surface area contributed by atoms with Crippen molar-refractivity contribution in [3.05, 3.63) is 36.5 Å². The first-order valence-corrected chi connectivity index (χ1v) is 6.13. The third-order valence-corrected chi connectivity index (χ3v) is 2.58. The molecule has 0 spiro atoms. The minimum atomic E-state index is 1.07. The van der Waals surface area contributed by atoms with E-state index in [0.29, 0.717) is 0 Å². The van der Waals surface area contributed by atoms with Crippen molar-refractivity contribution in [2.24, 2.45) is 0 Å². The molecule has 0 saturated carbocycles. The summed E-state index contributed by atoms with van der Waals surface area (Å²) < 4.78 is 0. The van der Waals surface area contributed by atoms with Gasteiger partial charge < -0.3 is 0 Å². The lowest BCUT2D eigenvalue weighted by Gasteiger charge is -2.04. The molecule has 0 aliphatic carbocycles. The Morgan fingerprint density at radius 1 is 1.13 bits per heavy atom. The highest BCUT2D eigenvalue weighted by atomic mass is 14.0. The number of hydrogen-bond donors (Lipinski definition) is 0. The van der Waals surface area contributed by atoms with Gasteiger partial charge in [-0.1, -0.05) is 43.2 Å². The number of rotatable bonds is 9. The van der Waals surface area contributed by atoms with Crippen molar-refractivity contribution in [3.8, 4) is 0 Å². The van der Waals surface area contributed by atoms with Crippen molar-refractivity contribution in [2.45, 2.75) is 58.8 Å². The van der Waals surface area contributed by atoms with Crippen LogP contribution >= 0.6 is 0 Å². The van der Waals surface area contributed by atoms with Crippen LogP contribution in [0.25, 0.3) is 0 Å². The second-order valence-electron chi connectivity index (χ2n) is 4.27. The smallest absolute Gasteiger partial charge is 0.0288 e.